The number of benzene rings is 2. The third-order valence-corrected chi connectivity index (χ3v) is 9.92. The number of hydrogen-bond donors (Lipinski definition) is 0. The van der Waals surface area contributed by atoms with Crippen LogP contribution in [-0.4, -0.2) is 56.8 Å². The highest BCUT2D eigenvalue weighted by Crippen LogP contribution is 2.27. The molecule has 0 aliphatic carbocycles. The molecule has 2 atom stereocenters. The molecule has 14 heteroatoms. The third-order valence-electron chi connectivity index (χ3n) is 7.67. The smallest absolute Gasteiger partial charge is 0.128 e. The van der Waals surface area contributed by atoms with Gasteiger partial charge in [-0.25, -0.2) is 0 Å². The molecule has 12 nitrogen and oxygen atoms in total. The maximum absolute atomic E-state index is 12.6. The van der Waals surface area contributed by atoms with Gasteiger partial charge in [0.25, 0.3) is 0 Å². The summed E-state index contributed by atoms with van der Waals surface area (Å²) in [6.07, 6.45) is 3.46. The van der Waals surface area contributed by atoms with Crippen LogP contribution in [0.15, 0.2) is 59.1 Å². The molecule has 0 fully saturated rings. The summed E-state index contributed by atoms with van der Waals surface area (Å²) >= 11 is 0. The number of hydrogen-bond acceptors (Lipinski definition) is 10. The van der Waals surface area contributed by atoms with Crippen molar-refractivity contribution in [2.45, 2.75) is 49.5 Å². The second-order valence-corrected chi connectivity index (χ2v) is 13.5. The molecule has 0 spiro atoms. The highest BCUT2D eigenvalue weighted by molar-refractivity contribution is 7.84. The lowest BCUT2D eigenvalue weighted by Crippen LogP contribution is -2.05. The first-order chi connectivity index (χ1) is 23.1. The van der Waals surface area contributed by atoms with Gasteiger partial charge >= 0.3 is 0 Å². The standard InChI is InChI=1S/2C17H18N3O3S/c2*1-10-8-18-15(11(2)16(10)23-4)9-24(21)17-19-13-6-5-12(22-3)7-14(13)20-17/h2*5-8H,9H2,1-4H3/q2*-1. The van der Waals surface area contributed by atoms with Crippen molar-refractivity contribution < 1.29 is 27.4 Å². The van der Waals surface area contributed by atoms with Crippen LogP contribution in [0.3, 0.4) is 0 Å². The van der Waals surface area contributed by atoms with Crippen molar-refractivity contribution >= 4 is 43.7 Å². The molecule has 0 saturated heterocycles. The molecular formula is C34H36N6O6S2-2. The normalized spacial score (nSPS) is 12.3. The number of methoxy groups -OCH3 is 4. The Morgan fingerprint density at radius 1 is 0.604 bits per heavy atom. The van der Waals surface area contributed by atoms with Crippen LogP contribution in [0.4, 0.5) is 0 Å². The molecule has 0 radical (unpaired) electrons. The summed E-state index contributed by atoms with van der Waals surface area (Å²) in [5, 5.41) is 0.609. The number of nitrogens with zero attached hydrogens (tertiary/aromatic N) is 6. The first-order valence-electron chi connectivity index (χ1n) is 14.8. The van der Waals surface area contributed by atoms with Gasteiger partial charge in [-0.2, -0.15) is 0 Å². The number of aromatic nitrogens is 6. The summed E-state index contributed by atoms with van der Waals surface area (Å²) in [5.41, 5.74) is 7.87. The fourth-order valence-corrected chi connectivity index (χ4v) is 7.24. The molecule has 6 rings (SSSR count). The predicted octanol–water partition coefficient (Wildman–Crippen LogP) is 5.06. The predicted molar refractivity (Wildman–Crippen MR) is 184 cm³/mol. The van der Waals surface area contributed by atoms with Gasteiger partial charge in [0, 0.05) is 45.0 Å². The molecule has 0 bridgehead atoms. The highest BCUT2D eigenvalue weighted by atomic mass is 32.2. The topological polar surface area (TPSA) is 151 Å². The van der Waals surface area contributed by atoms with Gasteiger partial charge in [0.05, 0.1) is 72.9 Å². The number of pyridine rings is 2. The van der Waals surface area contributed by atoms with Gasteiger partial charge in [-0.05, 0) is 74.0 Å². The first-order valence-corrected chi connectivity index (χ1v) is 17.4. The van der Waals surface area contributed by atoms with E-state index in [0.717, 1.165) is 45.1 Å². The summed E-state index contributed by atoms with van der Waals surface area (Å²) in [6, 6.07) is 10.8. The summed E-state index contributed by atoms with van der Waals surface area (Å²) in [4.78, 5) is 26.2. The molecule has 4 aromatic heterocycles. The van der Waals surface area contributed by atoms with Crippen LogP contribution in [0.5, 0.6) is 23.0 Å². The number of imidazole rings is 2. The third kappa shape index (κ3) is 7.34. The zero-order valence-corrected chi connectivity index (χ0v) is 29.6. The Balaban J connectivity index is 0.000000188. The van der Waals surface area contributed by atoms with Crippen LogP contribution in [-0.2, 0) is 33.1 Å². The van der Waals surface area contributed by atoms with E-state index in [9.17, 15) is 8.42 Å². The Morgan fingerprint density at radius 3 is 1.35 bits per heavy atom. The van der Waals surface area contributed by atoms with Gasteiger partial charge in [0.15, 0.2) is 0 Å². The second-order valence-electron chi connectivity index (χ2n) is 10.8. The van der Waals surface area contributed by atoms with Gasteiger partial charge in [-0.1, -0.05) is 12.1 Å². The SMILES string of the molecule is COc1ccc2[n-]c(S(=O)Cc3ncc(C)c(OC)c3C)nc2c1.COc1ccc2[n-]c(S(=O)Cc3ncc(C)c(OC)c3C)nc2c1. The van der Waals surface area contributed by atoms with Crippen LogP contribution in [0.1, 0.15) is 33.6 Å². The molecule has 4 heterocycles. The van der Waals surface area contributed by atoms with Crippen molar-refractivity contribution in [3.63, 3.8) is 0 Å². The van der Waals surface area contributed by atoms with Crippen LogP contribution in [0, 0.1) is 27.7 Å². The quantitative estimate of drug-likeness (QED) is 0.189. The number of fused-ring (bicyclic) bond motifs is 2. The van der Waals surface area contributed by atoms with Gasteiger partial charge < -0.3 is 38.9 Å². The zero-order valence-electron chi connectivity index (χ0n) is 28.0. The summed E-state index contributed by atoms with van der Waals surface area (Å²) in [5.74, 6) is 3.43. The van der Waals surface area contributed by atoms with E-state index in [-0.39, 0.29) is 11.5 Å². The van der Waals surface area contributed by atoms with E-state index in [1.807, 2.05) is 27.7 Å². The Kier molecular flexibility index (Phi) is 10.7. The molecule has 0 aliphatic heterocycles. The molecule has 6 aromatic rings. The average molecular weight is 689 g/mol. The molecule has 0 aliphatic rings. The van der Waals surface area contributed by atoms with Crippen molar-refractivity contribution in [1.29, 1.82) is 0 Å². The lowest BCUT2D eigenvalue weighted by Gasteiger charge is -2.12. The summed E-state index contributed by atoms with van der Waals surface area (Å²) < 4.78 is 46.4. The minimum atomic E-state index is -1.38. The fourth-order valence-electron chi connectivity index (χ4n) is 5.11. The Hall–Kier alpha value is -4.82. The van der Waals surface area contributed by atoms with E-state index in [2.05, 4.69) is 29.9 Å². The maximum Gasteiger partial charge on any atom is 0.128 e. The molecule has 252 valence electrons. The molecule has 2 unspecified atom stereocenters. The monoisotopic (exact) mass is 688 g/mol. The zero-order chi connectivity index (χ0) is 34.5. The van der Waals surface area contributed by atoms with Crippen molar-refractivity contribution in [2.75, 3.05) is 28.4 Å². The van der Waals surface area contributed by atoms with Gasteiger partial charge in [0.2, 0.25) is 0 Å². The van der Waals surface area contributed by atoms with E-state index in [0.29, 0.717) is 43.9 Å². The van der Waals surface area contributed by atoms with E-state index >= 15 is 0 Å². The van der Waals surface area contributed by atoms with Gasteiger partial charge in [0.1, 0.15) is 23.0 Å². The number of rotatable bonds is 10. The Morgan fingerprint density at radius 2 is 1.00 bits per heavy atom. The second kappa shape index (κ2) is 14.9. The van der Waals surface area contributed by atoms with Crippen molar-refractivity contribution in [3.8, 4) is 23.0 Å². The van der Waals surface area contributed by atoms with E-state index in [1.54, 1.807) is 77.2 Å². The maximum atomic E-state index is 12.6. The minimum Gasteiger partial charge on any atom is -0.497 e. The molecule has 2 aromatic carbocycles. The molecule has 0 amide bonds. The van der Waals surface area contributed by atoms with Crippen LogP contribution in [0.25, 0.3) is 22.1 Å². The Labute approximate surface area is 283 Å². The van der Waals surface area contributed by atoms with Crippen LogP contribution in [0.2, 0.25) is 0 Å². The Bertz CT molecular complexity index is 1990. The van der Waals surface area contributed by atoms with Crippen molar-refractivity contribution in [2.24, 2.45) is 0 Å². The lowest BCUT2D eigenvalue weighted by molar-refractivity contribution is 0.407. The van der Waals surface area contributed by atoms with Crippen molar-refractivity contribution in [1.82, 2.24) is 29.9 Å². The largest absolute Gasteiger partial charge is 0.497 e. The molecule has 48 heavy (non-hydrogen) atoms. The highest BCUT2D eigenvalue weighted by Gasteiger charge is 2.14. The summed E-state index contributed by atoms with van der Waals surface area (Å²) in [6.45, 7) is 7.69. The van der Waals surface area contributed by atoms with Gasteiger partial charge in [-0.15, -0.1) is 0 Å². The fraction of sp³-hybridized carbons (Fsp3) is 0.294. The molecular weight excluding hydrogens is 653 g/mol. The molecule has 0 saturated carbocycles. The van der Waals surface area contributed by atoms with E-state index in [4.69, 9.17) is 18.9 Å². The molecule has 0 N–H and O–H groups in total. The average Bonchev–Trinajstić information content (AvgIpc) is 3.72. The van der Waals surface area contributed by atoms with Crippen LogP contribution < -0.4 is 28.9 Å². The first kappa shape index (κ1) is 34.5. The number of ether oxygens (including phenoxy) is 4. The van der Waals surface area contributed by atoms with Crippen LogP contribution >= 0.6 is 0 Å². The lowest BCUT2D eigenvalue weighted by atomic mass is 10.1. The minimum absolute atomic E-state index is 0.246. The number of aryl methyl sites for hydroxylation is 2. The van der Waals surface area contributed by atoms with E-state index < -0.39 is 21.6 Å². The van der Waals surface area contributed by atoms with Gasteiger partial charge in [-0.3, -0.25) is 18.4 Å². The summed E-state index contributed by atoms with van der Waals surface area (Å²) in [7, 11) is 3.66. The van der Waals surface area contributed by atoms with E-state index in [1.165, 1.54) is 0 Å². The van der Waals surface area contributed by atoms with Crippen molar-refractivity contribution in [3.05, 3.63) is 82.4 Å².